The Kier molecular flexibility index (Phi) is 3.91. The molecule has 2 N–H and O–H groups in total. The summed E-state index contributed by atoms with van der Waals surface area (Å²) in [6.45, 7) is 4.18. The maximum absolute atomic E-state index is 11.6. The average molecular weight is 229 g/mol. The lowest BCUT2D eigenvalue weighted by Gasteiger charge is -2.30. The highest BCUT2D eigenvalue weighted by Gasteiger charge is 2.37. The van der Waals surface area contributed by atoms with Gasteiger partial charge in [0.1, 0.15) is 0 Å². The van der Waals surface area contributed by atoms with Gasteiger partial charge in [0, 0.05) is 19.5 Å². The third kappa shape index (κ3) is 2.72. The molecule has 1 aliphatic heterocycles. The predicted octanol–water partition coefficient (Wildman–Crippen LogP) is 0.471. The van der Waals surface area contributed by atoms with Crippen molar-refractivity contribution in [2.24, 2.45) is 5.92 Å². The van der Waals surface area contributed by atoms with Crippen LogP contribution in [0.2, 0.25) is 0 Å². The first-order valence-electron chi connectivity index (χ1n) is 5.65. The molecule has 1 unspecified atom stereocenters. The van der Waals surface area contributed by atoms with Crippen LogP contribution >= 0.6 is 0 Å². The van der Waals surface area contributed by atoms with Crippen LogP contribution in [0.1, 0.15) is 33.1 Å². The van der Waals surface area contributed by atoms with Crippen LogP contribution in [0.25, 0.3) is 0 Å². The third-order valence-corrected chi connectivity index (χ3v) is 3.37. The maximum atomic E-state index is 11.6. The summed E-state index contributed by atoms with van der Waals surface area (Å²) >= 11 is 0. The maximum Gasteiger partial charge on any atom is 0.308 e. The number of carboxylic acid groups (broad SMARTS) is 1. The Morgan fingerprint density at radius 2 is 2.06 bits per heavy atom. The second kappa shape index (κ2) is 4.82. The van der Waals surface area contributed by atoms with Crippen LogP contribution < -0.4 is 0 Å². The average Bonchev–Trinajstić information content (AvgIpc) is 2.60. The lowest BCUT2D eigenvalue weighted by molar-refractivity contribution is -0.141. The minimum absolute atomic E-state index is 0.0544. The molecule has 1 aliphatic rings. The summed E-state index contributed by atoms with van der Waals surface area (Å²) in [5.41, 5.74) is -0.886. The van der Waals surface area contributed by atoms with Crippen molar-refractivity contribution in [2.45, 2.75) is 38.7 Å². The van der Waals surface area contributed by atoms with Gasteiger partial charge in [-0.25, -0.2) is 0 Å². The molecule has 1 fully saturated rings. The van der Waals surface area contributed by atoms with Crippen molar-refractivity contribution >= 4 is 11.9 Å². The molecule has 0 aromatic rings. The van der Waals surface area contributed by atoms with E-state index in [1.54, 1.807) is 0 Å². The van der Waals surface area contributed by atoms with Crippen LogP contribution in [0.5, 0.6) is 0 Å². The predicted molar refractivity (Wildman–Crippen MR) is 57.9 cm³/mol. The van der Waals surface area contributed by atoms with Gasteiger partial charge in [-0.1, -0.05) is 13.8 Å². The van der Waals surface area contributed by atoms with Crippen LogP contribution in [0, 0.1) is 5.92 Å². The van der Waals surface area contributed by atoms with Crippen LogP contribution in [0.15, 0.2) is 0 Å². The molecule has 5 heteroatoms. The monoisotopic (exact) mass is 229 g/mol. The van der Waals surface area contributed by atoms with Crippen molar-refractivity contribution in [3.05, 3.63) is 0 Å². The van der Waals surface area contributed by atoms with Gasteiger partial charge in [-0.2, -0.15) is 0 Å². The first-order valence-corrected chi connectivity index (χ1v) is 5.65. The standard InChI is InChI=1S/C11H19NO4/c1-3-11(16,4-2)7-12-6-8(10(14)15)5-9(12)13/h8,16H,3-7H2,1-2H3,(H,14,15). The van der Waals surface area contributed by atoms with Gasteiger partial charge < -0.3 is 15.1 Å². The number of carbonyl (C=O) groups excluding carboxylic acids is 1. The zero-order valence-electron chi connectivity index (χ0n) is 9.77. The second-order valence-corrected chi connectivity index (χ2v) is 4.44. The lowest BCUT2D eigenvalue weighted by Crippen LogP contribution is -2.43. The summed E-state index contributed by atoms with van der Waals surface area (Å²) in [4.78, 5) is 23.8. The molecule has 0 radical (unpaired) electrons. The molecule has 0 saturated carbocycles. The number of carboxylic acids is 1. The molecule has 1 amide bonds. The quantitative estimate of drug-likeness (QED) is 0.718. The van der Waals surface area contributed by atoms with Gasteiger partial charge in [-0.05, 0) is 12.8 Å². The van der Waals surface area contributed by atoms with Crippen LogP contribution in [0.4, 0.5) is 0 Å². The number of aliphatic hydroxyl groups is 1. The number of β-amino-alcohol motifs (C(OH)–C–C–N with tert-alkyl or cyclic N) is 1. The van der Waals surface area contributed by atoms with Crippen molar-refractivity contribution in [1.82, 2.24) is 4.90 Å². The molecule has 0 aromatic carbocycles. The fraction of sp³-hybridized carbons (Fsp3) is 0.818. The zero-order valence-corrected chi connectivity index (χ0v) is 9.77. The third-order valence-electron chi connectivity index (χ3n) is 3.37. The van der Waals surface area contributed by atoms with Crippen LogP contribution in [-0.4, -0.2) is 45.7 Å². The molecule has 0 spiro atoms. The van der Waals surface area contributed by atoms with E-state index in [0.717, 1.165) is 0 Å². The summed E-state index contributed by atoms with van der Waals surface area (Å²) in [6, 6.07) is 0. The molecule has 0 bridgehead atoms. The summed E-state index contributed by atoms with van der Waals surface area (Å²) in [5, 5.41) is 18.9. The number of amides is 1. The number of carbonyl (C=O) groups is 2. The first-order chi connectivity index (χ1) is 7.41. The Balaban J connectivity index is 2.62. The van der Waals surface area contributed by atoms with E-state index in [4.69, 9.17) is 5.11 Å². The van der Waals surface area contributed by atoms with E-state index in [1.165, 1.54) is 4.90 Å². The van der Waals surface area contributed by atoms with Crippen molar-refractivity contribution in [2.75, 3.05) is 13.1 Å². The highest BCUT2D eigenvalue weighted by molar-refractivity contribution is 5.86. The highest BCUT2D eigenvalue weighted by Crippen LogP contribution is 2.23. The SMILES string of the molecule is CCC(O)(CC)CN1CC(C(=O)O)CC1=O. The molecule has 1 atom stereocenters. The van der Waals surface area contributed by atoms with Gasteiger partial charge in [-0.15, -0.1) is 0 Å². The van der Waals surface area contributed by atoms with E-state index in [1.807, 2.05) is 13.8 Å². The molecule has 1 rings (SSSR count). The second-order valence-electron chi connectivity index (χ2n) is 4.44. The smallest absolute Gasteiger partial charge is 0.308 e. The molecule has 1 saturated heterocycles. The van der Waals surface area contributed by atoms with Gasteiger partial charge in [0.05, 0.1) is 11.5 Å². The highest BCUT2D eigenvalue weighted by atomic mass is 16.4. The Morgan fingerprint density at radius 3 is 2.44 bits per heavy atom. The van der Waals surface area contributed by atoms with Gasteiger partial charge in [0.2, 0.25) is 5.91 Å². The van der Waals surface area contributed by atoms with Crippen molar-refractivity contribution < 1.29 is 19.8 Å². The number of rotatable bonds is 5. The molecule has 16 heavy (non-hydrogen) atoms. The van der Waals surface area contributed by atoms with E-state index in [0.29, 0.717) is 12.8 Å². The van der Waals surface area contributed by atoms with Crippen molar-refractivity contribution in [3.8, 4) is 0 Å². The largest absolute Gasteiger partial charge is 0.481 e. The minimum atomic E-state index is -0.938. The summed E-state index contributed by atoms with van der Waals surface area (Å²) < 4.78 is 0. The number of hydrogen-bond donors (Lipinski definition) is 2. The van der Waals surface area contributed by atoms with Gasteiger partial charge in [-0.3, -0.25) is 9.59 Å². The van der Waals surface area contributed by atoms with E-state index >= 15 is 0 Å². The van der Waals surface area contributed by atoms with Crippen LogP contribution in [0.3, 0.4) is 0 Å². The summed E-state index contributed by atoms with van der Waals surface area (Å²) in [5.74, 6) is -1.73. The molecule has 0 aliphatic carbocycles. The van der Waals surface area contributed by atoms with E-state index in [-0.39, 0.29) is 25.4 Å². The number of likely N-dealkylation sites (tertiary alicyclic amines) is 1. The normalized spacial score (nSPS) is 21.6. The Hall–Kier alpha value is -1.10. The van der Waals surface area contributed by atoms with Crippen molar-refractivity contribution in [1.29, 1.82) is 0 Å². The number of nitrogens with zero attached hydrogens (tertiary/aromatic N) is 1. The fourth-order valence-corrected chi connectivity index (χ4v) is 1.92. The topological polar surface area (TPSA) is 77.8 Å². The summed E-state index contributed by atoms with van der Waals surface area (Å²) in [6.07, 6.45) is 1.18. The Morgan fingerprint density at radius 1 is 1.50 bits per heavy atom. The Labute approximate surface area is 95.1 Å². The van der Waals surface area contributed by atoms with E-state index in [9.17, 15) is 14.7 Å². The van der Waals surface area contributed by atoms with E-state index < -0.39 is 17.5 Å². The summed E-state index contributed by atoms with van der Waals surface area (Å²) in [7, 11) is 0. The van der Waals surface area contributed by atoms with Crippen LogP contribution in [-0.2, 0) is 9.59 Å². The number of aliphatic carboxylic acids is 1. The van der Waals surface area contributed by atoms with E-state index in [2.05, 4.69) is 0 Å². The Bertz CT molecular complexity index is 286. The molecular formula is C11H19NO4. The van der Waals surface area contributed by atoms with Gasteiger partial charge in [0.25, 0.3) is 0 Å². The minimum Gasteiger partial charge on any atom is -0.481 e. The van der Waals surface area contributed by atoms with Crippen molar-refractivity contribution in [3.63, 3.8) is 0 Å². The molecule has 92 valence electrons. The molecular weight excluding hydrogens is 210 g/mol. The zero-order chi connectivity index (χ0) is 12.3. The molecule has 1 heterocycles. The fourth-order valence-electron chi connectivity index (χ4n) is 1.92. The van der Waals surface area contributed by atoms with Gasteiger partial charge in [0.15, 0.2) is 0 Å². The first kappa shape index (κ1) is 13.0. The molecule has 0 aromatic heterocycles. The lowest BCUT2D eigenvalue weighted by atomic mass is 9.97. The molecule has 5 nitrogen and oxygen atoms in total. The van der Waals surface area contributed by atoms with Gasteiger partial charge >= 0.3 is 5.97 Å². The number of hydrogen-bond acceptors (Lipinski definition) is 3.